The van der Waals surface area contributed by atoms with Crippen molar-refractivity contribution in [3.63, 3.8) is 0 Å². The van der Waals surface area contributed by atoms with Crippen LogP contribution in [0.5, 0.6) is 0 Å². The molecule has 0 spiro atoms. The van der Waals surface area contributed by atoms with Gasteiger partial charge in [-0.2, -0.15) is 0 Å². The molecule has 6 heteroatoms. The number of ether oxygens (including phenoxy) is 4. The Bertz CT molecular complexity index is 353. The average molecular weight is 326 g/mol. The summed E-state index contributed by atoms with van der Waals surface area (Å²) in [7, 11) is 0. The maximum absolute atomic E-state index is 11.4. The summed E-state index contributed by atoms with van der Waals surface area (Å²) >= 11 is 0. The van der Waals surface area contributed by atoms with E-state index in [9.17, 15) is 9.59 Å². The van der Waals surface area contributed by atoms with Crippen molar-refractivity contribution in [3.05, 3.63) is 24.3 Å². The molecule has 1 aliphatic heterocycles. The first-order valence-corrected chi connectivity index (χ1v) is 8.11. The van der Waals surface area contributed by atoms with Crippen LogP contribution in [0.15, 0.2) is 24.3 Å². The number of carbonyl (C=O) groups excluding carboxylic acids is 2. The van der Waals surface area contributed by atoms with Crippen LogP contribution in [0, 0.1) is 0 Å². The third kappa shape index (κ3) is 12.6. The van der Waals surface area contributed by atoms with Gasteiger partial charge in [0.2, 0.25) is 0 Å². The highest BCUT2D eigenvalue weighted by Gasteiger charge is 1.99. The SMILES string of the molecule is O=C1C=CCCCCCC=CC(=O)OCCOCCOCCO1. The molecule has 0 radical (unpaired) electrons. The van der Waals surface area contributed by atoms with Crippen LogP contribution in [0.4, 0.5) is 0 Å². The fourth-order valence-electron chi connectivity index (χ4n) is 1.88. The largest absolute Gasteiger partial charge is 0.460 e. The molecule has 0 atom stereocenters. The molecule has 0 unspecified atom stereocenters. The molecule has 0 aliphatic carbocycles. The van der Waals surface area contributed by atoms with E-state index < -0.39 is 0 Å². The summed E-state index contributed by atoms with van der Waals surface area (Å²) in [4.78, 5) is 22.8. The summed E-state index contributed by atoms with van der Waals surface area (Å²) < 4.78 is 20.5. The van der Waals surface area contributed by atoms with Gasteiger partial charge in [-0.3, -0.25) is 0 Å². The summed E-state index contributed by atoms with van der Waals surface area (Å²) in [5.41, 5.74) is 0. The van der Waals surface area contributed by atoms with E-state index in [0.717, 1.165) is 32.1 Å². The van der Waals surface area contributed by atoms with Crippen molar-refractivity contribution in [1.29, 1.82) is 0 Å². The second-order valence-corrected chi connectivity index (χ2v) is 5.00. The number of hydrogen-bond acceptors (Lipinski definition) is 6. The lowest BCUT2D eigenvalue weighted by molar-refractivity contribution is -0.141. The van der Waals surface area contributed by atoms with E-state index in [-0.39, 0.29) is 25.2 Å². The molecule has 23 heavy (non-hydrogen) atoms. The number of esters is 2. The molecule has 0 fully saturated rings. The van der Waals surface area contributed by atoms with Crippen molar-refractivity contribution >= 4 is 11.9 Å². The molecule has 6 nitrogen and oxygen atoms in total. The zero-order chi connectivity index (χ0) is 16.6. The molecule has 0 aromatic carbocycles. The Morgan fingerprint density at radius 2 is 1.04 bits per heavy atom. The highest BCUT2D eigenvalue weighted by molar-refractivity contribution is 5.82. The Hall–Kier alpha value is -1.66. The standard InChI is InChI=1S/C17H26O6/c18-16-8-6-4-2-1-3-5-7-9-17(19)23-15-13-21-11-10-20-12-14-22-16/h6-9H,1-5,10-15H2. The van der Waals surface area contributed by atoms with Gasteiger partial charge in [-0.15, -0.1) is 0 Å². The molecular formula is C17H26O6. The molecule has 0 aromatic rings. The highest BCUT2D eigenvalue weighted by Crippen LogP contribution is 2.04. The van der Waals surface area contributed by atoms with Crippen molar-refractivity contribution in [1.82, 2.24) is 0 Å². The summed E-state index contributed by atoms with van der Waals surface area (Å²) in [6, 6.07) is 0. The maximum atomic E-state index is 11.4. The third-order valence-electron chi connectivity index (χ3n) is 3.07. The van der Waals surface area contributed by atoms with Gasteiger partial charge in [0.15, 0.2) is 0 Å². The zero-order valence-corrected chi connectivity index (χ0v) is 13.5. The molecule has 1 aliphatic rings. The van der Waals surface area contributed by atoms with Crippen LogP contribution >= 0.6 is 0 Å². The number of carbonyl (C=O) groups is 2. The molecule has 0 saturated carbocycles. The van der Waals surface area contributed by atoms with Crippen molar-refractivity contribution in [2.24, 2.45) is 0 Å². The van der Waals surface area contributed by atoms with Crippen LogP contribution in [0.3, 0.4) is 0 Å². The Balaban J connectivity index is 2.28. The zero-order valence-electron chi connectivity index (χ0n) is 13.5. The lowest BCUT2D eigenvalue weighted by Gasteiger charge is -2.06. The molecule has 1 heterocycles. The number of cyclic esters (lactones) is 2. The lowest BCUT2D eigenvalue weighted by Crippen LogP contribution is -2.14. The molecule has 0 amide bonds. The molecule has 130 valence electrons. The van der Waals surface area contributed by atoms with Gasteiger partial charge in [-0.05, 0) is 25.7 Å². The quantitative estimate of drug-likeness (QED) is 0.636. The molecule has 0 aromatic heterocycles. The van der Waals surface area contributed by atoms with Gasteiger partial charge in [0, 0.05) is 12.2 Å². The Labute approximate surface area is 137 Å². The van der Waals surface area contributed by atoms with Crippen molar-refractivity contribution in [2.45, 2.75) is 32.1 Å². The topological polar surface area (TPSA) is 71.1 Å². The monoisotopic (exact) mass is 326 g/mol. The number of hydrogen-bond donors (Lipinski definition) is 0. The Kier molecular flexibility index (Phi) is 11.8. The Morgan fingerprint density at radius 1 is 0.609 bits per heavy atom. The van der Waals surface area contributed by atoms with Gasteiger partial charge >= 0.3 is 11.9 Å². The first-order chi connectivity index (χ1) is 11.3. The van der Waals surface area contributed by atoms with E-state index in [4.69, 9.17) is 18.9 Å². The van der Waals surface area contributed by atoms with E-state index in [1.165, 1.54) is 12.2 Å². The molecular weight excluding hydrogens is 300 g/mol. The first-order valence-electron chi connectivity index (χ1n) is 8.11. The fraction of sp³-hybridized carbons (Fsp3) is 0.647. The van der Waals surface area contributed by atoms with E-state index in [1.54, 1.807) is 0 Å². The van der Waals surface area contributed by atoms with Crippen LogP contribution in [-0.4, -0.2) is 51.6 Å². The fourth-order valence-corrected chi connectivity index (χ4v) is 1.88. The van der Waals surface area contributed by atoms with Crippen molar-refractivity contribution < 1.29 is 28.5 Å². The van der Waals surface area contributed by atoms with E-state index in [2.05, 4.69) is 0 Å². The number of rotatable bonds is 0. The Morgan fingerprint density at radius 3 is 1.52 bits per heavy atom. The predicted molar refractivity (Wildman–Crippen MR) is 84.9 cm³/mol. The average Bonchev–Trinajstić information content (AvgIpc) is 2.54. The highest BCUT2D eigenvalue weighted by atomic mass is 16.6. The van der Waals surface area contributed by atoms with Crippen LogP contribution in [0.2, 0.25) is 0 Å². The predicted octanol–water partition coefficient (Wildman–Crippen LogP) is 2.18. The third-order valence-corrected chi connectivity index (χ3v) is 3.07. The minimum absolute atomic E-state index is 0.229. The number of allylic oxidation sites excluding steroid dienone is 2. The van der Waals surface area contributed by atoms with Crippen LogP contribution in [0.1, 0.15) is 32.1 Å². The summed E-state index contributed by atoms with van der Waals surface area (Å²) in [5.74, 6) is -0.677. The van der Waals surface area contributed by atoms with Gasteiger partial charge in [-0.25, -0.2) is 9.59 Å². The van der Waals surface area contributed by atoms with Crippen LogP contribution in [0.25, 0.3) is 0 Å². The molecule has 0 bridgehead atoms. The van der Waals surface area contributed by atoms with Gasteiger partial charge in [0.25, 0.3) is 0 Å². The minimum atomic E-state index is -0.339. The van der Waals surface area contributed by atoms with Gasteiger partial charge in [-0.1, -0.05) is 18.6 Å². The molecule has 1 rings (SSSR count). The van der Waals surface area contributed by atoms with Crippen molar-refractivity contribution in [2.75, 3.05) is 39.6 Å². The summed E-state index contributed by atoms with van der Waals surface area (Å²) in [6.07, 6.45) is 11.3. The second kappa shape index (κ2) is 14.0. The van der Waals surface area contributed by atoms with Gasteiger partial charge in [0.05, 0.1) is 26.4 Å². The van der Waals surface area contributed by atoms with E-state index in [1.807, 2.05) is 12.2 Å². The first kappa shape index (κ1) is 19.4. The normalized spacial score (nSPS) is 21.0. The minimum Gasteiger partial charge on any atom is -0.460 e. The molecule has 0 N–H and O–H groups in total. The van der Waals surface area contributed by atoms with E-state index >= 15 is 0 Å². The van der Waals surface area contributed by atoms with Crippen LogP contribution < -0.4 is 0 Å². The van der Waals surface area contributed by atoms with Gasteiger partial charge in [0.1, 0.15) is 13.2 Å². The maximum Gasteiger partial charge on any atom is 0.330 e. The summed E-state index contributed by atoms with van der Waals surface area (Å²) in [6.45, 7) is 1.94. The van der Waals surface area contributed by atoms with Gasteiger partial charge < -0.3 is 18.9 Å². The smallest absolute Gasteiger partial charge is 0.330 e. The molecule has 0 saturated heterocycles. The summed E-state index contributed by atoms with van der Waals surface area (Å²) in [5, 5.41) is 0. The lowest BCUT2D eigenvalue weighted by atomic mass is 10.1. The van der Waals surface area contributed by atoms with Crippen LogP contribution in [-0.2, 0) is 28.5 Å². The van der Waals surface area contributed by atoms with Crippen molar-refractivity contribution in [3.8, 4) is 0 Å². The second-order valence-electron chi connectivity index (χ2n) is 5.00. The van der Waals surface area contributed by atoms with E-state index in [0.29, 0.717) is 26.4 Å².